The van der Waals surface area contributed by atoms with Crippen LogP contribution in [-0.4, -0.2) is 35.2 Å². The van der Waals surface area contributed by atoms with Crippen molar-refractivity contribution in [2.45, 2.75) is 39.6 Å². The molecule has 0 aromatic heterocycles. The van der Waals surface area contributed by atoms with Crippen molar-refractivity contribution in [1.82, 2.24) is 0 Å². The number of benzene rings is 2. The van der Waals surface area contributed by atoms with Crippen LogP contribution in [0.2, 0.25) is 0 Å². The molecule has 2 atom stereocenters. The second-order valence-electron chi connectivity index (χ2n) is 6.72. The smallest absolute Gasteiger partial charge is 0.338 e. The molecule has 0 aliphatic heterocycles. The molecule has 0 aliphatic carbocycles. The van der Waals surface area contributed by atoms with Gasteiger partial charge in [-0.15, -0.1) is 0 Å². The molecule has 2 aromatic rings. The molecule has 26 heavy (non-hydrogen) atoms. The third kappa shape index (κ3) is 5.86. The molecule has 2 rings (SSSR count). The van der Waals surface area contributed by atoms with Gasteiger partial charge in [0.1, 0.15) is 11.9 Å². The number of aliphatic hydroxyl groups is 2. The number of para-hydroxylation sites is 1. The van der Waals surface area contributed by atoms with E-state index in [9.17, 15) is 15.0 Å². The summed E-state index contributed by atoms with van der Waals surface area (Å²) in [4.78, 5) is 12.0. The highest BCUT2D eigenvalue weighted by molar-refractivity contribution is 5.89. The Labute approximate surface area is 154 Å². The van der Waals surface area contributed by atoms with Gasteiger partial charge in [0.2, 0.25) is 6.29 Å². The maximum atomic E-state index is 12.0. The van der Waals surface area contributed by atoms with E-state index >= 15 is 0 Å². The molecule has 0 bridgehead atoms. The summed E-state index contributed by atoms with van der Waals surface area (Å²) in [6, 6.07) is 14.6. The molecule has 5 nitrogen and oxygen atoms in total. The molecule has 0 saturated heterocycles. The minimum Gasteiger partial charge on any atom is -0.462 e. The predicted octanol–water partition coefficient (Wildman–Crippen LogP) is 3.17. The highest BCUT2D eigenvalue weighted by Crippen LogP contribution is 2.23. The second kappa shape index (κ2) is 9.36. The molecule has 0 aliphatic rings. The van der Waals surface area contributed by atoms with Gasteiger partial charge in [0.05, 0.1) is 12.2 Å². The molecular weight excluding hydrogens is 332 g/mol. The van der Waals surface area contributed by atoms with Crippen LogP contribution in [0.1, 0.15) is 42.3 Å². The molecule has 2 unspecified atom stereocenters. The van der Waals surface area contributed by atoms with Gasteiger partial charge in [-0.25, -0.2) is 4.79 Å². The zero-order chi connectivity index (χ0) is 19.1. The molecule has 0 spiro atoms. The standard InChI is InChI=1S/C21H26O5/c1-14(2)13-25-21(24)17-10-8-16(9-11-17)12-18-6-4-5-7-19(18)26-20(23)15(3)22/h4-11,14-15,20,22-23H,12-13H2,1-3H3. The number of esters is 1. The zero-order valence-corrected chi connectivity index (χ0v) is 15.4. The Morgan fingerprint density at radius 1 is 1.00 bits per heavy atom. The van der Waals surface area contributed by atoms with Crippen LogP contribution in [0.5, 0.6) is 5.75 Å². The van der Waals surface area contributed by atoms with Gasteiger partial charge in [-0.1, -0.05) is 44.2 Å². The lowest BCUT2D eigenvalue weighted by Crippen LogP contribution is -2.28. The lowest BCUT2D eigenvalue weighted by molar-refractivity contribution is -0.0962. The van der Waals surface area contributed by atoms with Crippen molar-refractivity contribution in [2.24, 2.45) is 5.92 Å². The van der Waals surface area contributed by atoms with Crippen LogP contribution in [0.3, 0.4) is 0 Å². The third-order valence-electron chi connectivity index (χ3n) is 3.76. The van der Waals surface area contributed by atoms with Crippen LogP contribution in [0.25, 0.3) is 0 Å². The number of ether oxygens (including phenoxy) is 2. The van der Waals surface area contributed by atoms with Gasteiger partial charge < -0.3 is 19.7 Å². The topological polar surface area (TPSA) is 76.0 Å². The Kier molecular flexibility index (Phi) is 7.18. The lowest BCUT2D eigenvalue weighted by Gasteiger charge is -2.18. The number of aliphatic hydroxyl groups excluding tert-OH is 2. The minimum atomic E-state index is -1.28. The zero-order valence-electron chi connectivity index (χ0n) is 15.4. The first-order valence-corrected chi connectivity index (χ1v) is 8.73. The normalized spacial score (nSPS) is 13.3. The number of carbonyl (C=O) groups excluding carboxylic acids is 1. The molecule has 0 saturated carbocycles. The van der Waals surface area contributed by atoms with Crippen molar-refractivity contribution in [3.63, 3.8) is 0 Å². The lowest BCUT2D eigenvalue weighted by atomic mass is 10.0. The van der Waals surface area contributed by atoms with Crippen LogP contribution in [0.15, 0.2) is 48.5 Å². The van der Waals surface area contributed by atoms with E-state index in [-0.39, 0.29) is 5.97 Å². The van der Waals surface area contributed by atoms with Gasteiger partial charge in [-0.3, -0.25) is 0 Å². The largest absolute Gasteiger partial charge is 0.462 e. The summed E-state index contributed by atoms with van der Waals surface area (Å²) >= 11 is 0. The Bertz CT molecular complexity index is 707. The molecular formula is C21H26O5. The average molecular weight is 358 g/mol. The van der Waals surface area contributed by atoms with Crippen LogP contribution >= 0.6 is 0 Å². The predicted molar refractivity (Wildman–Crippen MR) is 99.1 cm³/mol. The summed E-state index contributed by atoms with van der Waals surface area (Å²) in [6.45, 7) is 5.84. The van der Waals surface area contributed by atoms with Crippen LogP contribution < -0.4 is 4.74 Å². The Morgan fingerprint density at radius 3 is 2.27 bits per heavy atom. The molecule has 5 heteroatoms. The number of rotatable bonds is 8. The summed E-state index contributed by atoms with van der Waals surface area (Å²) < 4.78 is 10.6. The van der Waals surface area contributed by atoms with E-state index in [1.54, 1.807) is 24.3 Å². The first kappa shape index (κ1) is 19.9. The van der Waals surface area contributed by atoms with Gasteiger partial charge in [0, 0.05) is 6.42 Å². The van der Waals surface area contributed by atoms with Crippen molar-refractivity contribution in [1.29, 1.82) is 0 Å². The van der Waals surface area contributed by atoms with Gasteiger partial charge in [0.25, 0.3) is 0 Å². The second-order valence-corrected chi connectivity index (χ2v) is 6.72. The Balaban J connectivity index is 2.06. The van der Waals surface area contributed by atoms with Crippen LogP contribution in [0.4, 0.5) is 0 Å². The van der Waals surface area contributed by atoms with Gasteiger partial charge >= 0.3 is 5.97 Å². The Morgan fingerprint density at radius 2 is 1.65 bits per heavy atom. The van der Waals surface area contributed by atoms with E-state index in [2.05, 4.69) is 0 Å². The molecule has 2 N–H and O–H groups in total. The van der Waals surface area contributed by atoms with Gasteiger partial charge in [-0.2, -0.15) is 0 Å². The number of hydrogen-bond acceptors (Lipinski definition) is 5. The van der Waals surface area contributed by atoms with Crippen LogP contribution in [0, 0.1) is 5.92 Å². The highest BCUT2D eigenvalue weighted by Gasteiger charge is 2.15. The maximum absolute atomic E-state index is 12.0. The van der Waals surface area contributed by atoms with E-state index in [1.807, 2.05) is 38.1 Å². The monoisotopic (exact) mass is 358 g/mol. The van der Waals surface area contributed by atoms with E-state index in [0.717, 1.165) is 11.1 Å². The SMILES string of the molecule is CC(C)COC(=O)c1ccc(Cc2ccccc2OC(O)C(C)O)cc1. The molecule has 0 heterocycles. The van der Waals surface area contributed by atoms with Crippen molar-refractivity contribution in [3.8, 4) is 5.75 Å². The molecule has 0 amide bonds. The minimum absolute atomic E-state index is 0.298. The van der Waals surface area contributed by atoms with Crippen molar-refractivity contribution in [2.75, 3.05) is 6.61 Å². The quantitative estimate of drug-likeness (QED) is 0.560. The fraction of sp³-hybridized carbons (Fsp3) is 0.381. The van der Waals surface area contributed by atoms with E-state index in [1.165, 1.54) is 6.92 Å². The maximum Gasteiger partial charge on any atom is 0.338 e. The van der Waals surface area contributed by atoms with Crippen molar-refractivity contribution < 1.29 is 24.5 Å². The van der Waals surface area contributed by atoms with Gasteiger partial charge in [0.15, 0.2) is 0 Å². The first-order chi connectivity index (χ1) is 12.4. The Hall–Kier alpha value is -2.37. The summed E-state index contributed by atoms with van der Waals surface area (Å²) in [5.41, 5.74) is 2.39. The van der Waals surface area contributed by atoms with Crippen molar-refractivity contribution in [3.05, 3.63) is 65.2 Å². The van der Waals surface area contributed by atoms with Crippen molar-refractivity contribution >= 4 is 5.97 Å². The summed E-state index contributed by atoms with van der Waals surface area (Å²) in [5.74, 6) is 0.488. The van der Waals surface area contributed by atoms with E-state index < -0.39 is 12.4 Å². The number of carbonyl (C=O) groups is 1. The first-order valence-electron chi connectivity index (χ1n) is 8.73. The molecule has 140 valence electrons. The van der Waals surface area contributed by atoms with Crippen LogP contribution in [-0.2, 0) is 11.2 Å². The fourth-order valence-corrected chi connectivity index (χ4v) is 2.30. The summed E-state index contributed by atoms with van der Waals surface area (Å²) in [6.07, 6.45) is -1.70. The molecule has 2 aromatic carbocycles. The van der Waals surface area contributed by atoms with E-state index in [4.69, 9.17) is 9.47 Å². The fourth-order valence-electron chi connectivity index (χ4n) is 2.30. The van der Waals surface area contributed by atoms with Gasteiger partial charge in [-0.05, 0) is 42.2 Å². The summed E-state index contributed by atoms with van der Waals surface area (Å²) in [7, 11) is 0. The average Bonchev–Trinajstić information content (AvgIpc) is 2.61. The molecule has 0 fully saturated rings. The third-order valence-corrected chi connectivity index (χ3v) is 3.76. The van der Waals surface area contributed by atoms with E-state index in [0.29, 0.717) is 30.3 Å². The molecule has 0 radical (unpaired) electrons. The summed E-state index contributed by atoms with van der Waals surface area (Å²) in [5, 5.41) is 19.1. The highest BCUT2D eigenvalue weighted by atomic mass is 16.6. The number of hydrogen-bond donors (Lipinski definition) is 2.